The van der Waals surface area contributed by atoms with Gasteiger partial charge in [-0.2, -0.15) is 0 Å². The number of aliphatic imine (C=N–C) groups is 1. The van der Waals surface area contributed by atoms with Crippen LogP contribution in [0.1, 0.15) is 19.4 Å². The molecule has 24 heavy (non-hydrogen) atoms. The monoisotopic (exact) mass is 419 g/mol. The highest BCUT2D eigenvalue weighted by atomic mass is 79.9. The van der Waals surface area contributed by atoms with Crippen LogP contribution in [-0.2, 0) is 16.3 Å². The van der Waals surface area contributed by atoms with E-state index < -0.39 is 14.6 Å². The zero-order chi connectivity index (χ0) is 18.0. The lowest BCUT2D eigenvalue weighted by Gasteiger charge is -2.39. The third kappa shape index (κ3) is 4.27. The molecule has 0 radical (unpaired) electrons. The van der Waals surface area contributed by atoms with Crippen molar-refractivity contribution in [3.05, 3.63) is 34.1 Å². The van der Waals surface area contributed by atoms with Crippen LogP contribution in [0.5, 0.6) is 0 Å². The van der Waals surface area contributed by atoms with Gasteiger partial charge in [-0.3, -0.25) is 4.99 Å². The first-order chi connectivity index (χ1) is 11.2. The number of hydrogen-bond acceptors (Lipinski definition) is 3. The minimum absolute atomic E-state index is 0.131. The molecule has 1 aromatic rings. The molecule has 2 rings (SSSR count). The Hall–Kier alpha value is -1.15. The molecule has 1 saturated heterocycles. The highest BCUT2D eigenvalue weighted by Crippen LogP contribution is 2.23. The molecule has 0 atom stereocenters. The summed E-state index contributed by atoms with van der Waals surface area (Å²) in [4.78, 5) is 6.23. The largest absolute Gasteiger partial charge is 0.356 e. The quantitative estimate of drug-likeness (QED) is 0.602. The van der Waals surface area contributed by atoms with E-state index in [1.165, 1.54) is 6.07 Å². The summed E-state index contributed by atoms with van der Waals surface area (Å²) in [5, 5.41) is 3.26. The van der Waals surface area contributed by atoms with Crippen LogP contribution < -0.4 is 5.32 Å². The number of benzene rings is 1. The standard InChI is InChI=1S/C16H23BrFN3O2S/c1-16(2)11-21(8-9-24(16,22)23)15(19-3)20-7-6-12-4-5-14(18)13(17)10-12/h4-5,10H,6-9,11H2,1-3H3,(H,19,20). The molecule has 1 aliphatic heterocycles. The molecule has 0 amide bonds. The molecule has 1 aliphatic rings. The molecule has 8 heteroatoms. The van der Waals surface area contributed by atoms with Crippen molar-refractivity contribution in [1.82, 2.24) is 10.2 Å². The van der Waals surface area contributed by atoms with Gasteiger partial charge in [-0.25, -0.2) is 12.8 Å². The van der Waals surface area contributed by atoms with E-state index >= 15 is 0 Å². The second-order valence-corrected chi connectivity index (χ2v) is 10.1. The van der Waals surface area contributed by atoms with Gasteiger partial charge in [-0.1, -0.05) is 6.07 Å². The van der Waals surface area contributed by atoms with Gasteiger partial charge in [0.2, 0.25) is 0 Å². The Balaban J connectivity index is 1.94. The molecule has 134 valence electrons. The first-order valence-corrected chi connectivity index (χ1v) is 10.2. The van der Waals surface area contributed by atoms with Gasteiger partial charge in [0.15, 0.2) is 15.8 Å². The predicted octanol–water partition coefficient (Wildman–Crippen LogP) is 2.22. The summed E-state index contributed by atoms with van der Waals surface area (Å²) < 4.78 is 37.1. The molecule has 5 nitrogen and oxygen atoms in total. The Bertz CT molecular complexity index is 735. The van der Waals surface area contributed by atoms with Crippen LogP contribution in [-0.4, -0.2) is 56.5 Å². The van der Waals surface area contributed by atoms with Crippen LogP contribution >= 0.6 is 15.9 Å². The van der Waals surface area contributed by atoms with Crippen LogP contribution in [0.15, 0.2) is 27.7 Å². The van der Waals surface area contributed by atoms with Gasteiger partial charge in [0, 0.05) is 26.7 Å². The highest BCUT2D eigenvalue weighted by molar-refractivity contribution is 9.10. The fraction of sp³-hybridized carbons (Fsp3) is 0.562. The topological polar surface area (TPSA) is 61.8 Å². The highest BCUT2D eigenvalue weighted by Gasteiger charge is 2.40. The lowest BCUT2D eigenvalue weighted by molar-refractivity contribution is 0.353. The van der Waals surface area contributed by atoms with Gasteiger partial charge >= 0.3 is 0 Å². The Morgan fingerprint density at radius 1 is 1.46 bits per heavy atom. The summed E-state index contributed by atoms with van der Waals surface area (Å²) >= 11 is 3.18. The van der Waals surface area contributed by atoms with Gasteiger partial charge in [-0.15, -0.1) is 0 Å². The van der Waals surface area contributed by atoms with Crippen LogP contribution in [0.4, 0.5) is 4.39 Å². The molecule has 1 aromatic carbocycles. The van der Waals surface area contributed by atoms with Crippen molar-refractivity contribution in [3.63, 3.8) is 0 Å². The maximum atomic E-state index is 13.2. The molecule has 0 saturated carbocycles. The average molecular weight is 420 g/mol. The zero-order valence-corrected chi connectivity index (χ0v) is 16.5. The van der Waals surface area contributed by atoms with E-state index in [0.717, 1.165) is 5.56 Å². The SMILES string of the molecule is CN=C(NCCc1ccc(F)c(Br)c1)N1CCS(=O)(=O)C(C)(C)C1. The normalized spacial score (nSPS) is 20.0. The number of guanidine groups is 1. The summed E-state index contributed by atoms with van der Waals surface area (Å²) in [6.45, 7) is 4.98. The molecule has 1 heterocycles. The number of hydrogen-bond donors (Lipinski definition) is 1. The molecule has 1 fully saturated rings. The van der Waals surface area contributed by atoms with Crippen molar-refractivity contribution in [2.45, 2.75) is 25.0 Å². The van der Waals surface area contributed by atoms with Crippen LogP contribution in [0.25, 0.3) is 0 Å². The second-order valence-electron chi connectivity index (χ2n) is 6.47. The lowest BCUT2D eigenvalue weighted by atomic mass is 10.1. The van der Waals surface area contributed by atoms with Crippen LogP contribution in [0.3, 0.4) is 0 Å². The minimum atomic E-state index is -3.07. The molecule has 0 bridgehead atoms. The van der Waals surface area contributed by atoms with Crippen molar-refractivity contribution in [1.29, 1.82) is 0 Å². The van der Waals surface area contributed by atoms with Crippen molar-refractivity contribution in [2.24, 2.45) is 4.99 Å². The summed E-state index contributed by atoms with van der Waals surface area (Å²) in [5.74, 6) is 0.546. The Kier molecular flexibility index (Phi) is 5.91. The average Bonchev–Trinajstić information content (AvgIpc) is 2.50. The molecular weight excluding hydrogens is 397 g/mol. The molecule has 0 spiro atoms. The van der Waals surface area contributed by atoms with E-state index in [4.69, 9.17) is 0 Å². The third-order valence-corrected chi connectivity index (χ3v) is 7.38. The van der Waals surface area contributed by atoms with Gasteiger partial charge < -0.3 is 10.2 Å². The van der Waals surface area contributed by atoms with E-state index in [1.807, 2.05) is 4.90 Å². The first kappa shape index (κ1) is 19.2. The minimum Gasteiger partial charge on any atom is -0.356 e. The van der Waals surface area contributed by atoms with Crippen LogP contribution in [0, 0.1) is 5.82 Å². The maximum Gasteiger partial charge on any atom is 0.193 e. The smallest absolute Gasteiger partial charge is 0.193 e. The van der Waals surface area contributed by atoms with Crippen molar-refractivity contribution in [3.8, 4) is 0 Å². The fourth-order valence-corrected chi connectivity index (χ4v) is 4.46. The van der Waals surface area contributed by atoms with Gasteiger partial charge in [0.05, 0.1) is 15.0 Å². The summed E-state index contributed by atoms with van der Waals surface area (Å²) in [5.41, 5.74) is 1.01. The summed E-state index contributed by atoms with van der Waals surface area (Å²) in [7, 11) is -1.39. The van der Waals surface area contributed by atoms with E-state index in [1.54, 1.807) is 33.0 Å². The van der Waals surface area contributed by atoms with Gasteiger partial charge in [0.25, 0.3) is 0 Å². The Labute approximate surface area is 151 Å². The molecule has 0 aromatic heterocycles. The maximum absolute atomic E-state index is 13.2. The molecule has 0 aliphatic carbocycles. The lowest BCUT2D eigenvalue weighted by Crippen LogP contribution is -2.57. The van der Waals surface area contributed by atoms with E-state index in [-0.39, 0.29) is 11.6 Å². The summed E-state index contributed by atoms with van der Waals surface area (Å²) in [6, 6.07) is 4.95. The number of nitrogens with zero attached hydrogens (tertiary/aromatic N) is 2. The zero-order valence-electron chi connectivity index (χ0n) is 14.1. The van der Waals surface area contributed by atoms with Crippen molar-refractivity contribution >= 4 is 31.7 Å². The Morgan fingerprint density at radius 2 is 2.17 bits per heavy atom. The first-order valence-electron chi connectivity index (χ1n) is 7.78. The number of sulfone groups is 1. The number of rotatable bonds is 3. The summed E-state index contributed by atoms with van der Waals surface area (Å²) in [6.07, 6.45) is 0.716. The van der Waals surface area contributed by atoms with Gasteiger partial charge in [-0.05, 0) is 53.9 Å². The Morgan fingerprint density at radius 3 is 2.75 bits per heavy atom. The van der Waals surface area contributed by atoms with Crippen molar-refractivity contribution < 1.29 is 12.8 Å². The fourth-order valence-electron chi connectivity index (χ4n) is 2.67. The number of halogens is 2. The number of nitrogens with one attached hydrogen (secondary N) is 1. The van der Waals surface area contributed by atoms with E-state index in [0.29, 0.717) is 36.5 Å². The predicted molar refractivity (Wildman–Crippen MR) is 98.6 cm³/mol. The van der Waals surface area contributed by atoms with Crippen LogP contribution in [0.2, 0.25) is 0 Å². The van der Waals surface area contributed by atoms with Gasteiger partial charge in [0.1, 0.15) is 5.82 Å². The molecule has 0 unspecified atom stereocenters. The van der Waals surface area contributed by atoms with E-state index in [9.17, 15) is 12.8 Å². The van der Waals surface area contributed by atoms with E-state index in [2.05, 4.69) is 26.2 Å². The third-order valence-electron chi connectivity index (χ3n) is 4.24. The second kappa shape index (κ2) is 7.39. The molecular formula is C16H23BrFN3O2S. The van der Waals surface area contributed by atoms with Crippen molar-refractivity contribution in [2.75, 3.05) is 32.4 Å². The molecule has 1 N–H and O–H groups in total.